The second-order valence-corrected chi connectivity index (χ2v) is 2.77. The zero-order chi connectivity index (χ0) is 9.68. The van der Waals surface area contributed by atoms with Crippen molar-refractivity contribution in [1.82, 2.24) is 15.3 Å². The van der Waals surface area contributed by atoms with Crippen molar-refractivity contribution < 1.29 is 4.79 Å². The highest BCUT2D eigenvalue weighted by molar-refractivity contribution is 5.75. The Bertz CT molecular complexity index is 273. The number of amides is 1. The van der Waals surface area contributed by atoms with Crippen molar-refractivity contribution in [3.05, 3.63) is 24.3 Å². The molecule has 0 aliphatic rings. The monoisotopic (exact) mass is 179 g/mol. The van der Waals surface area contributed by atoms with Crippen LogP contribution in [0, 0.1) is 0 Å². The van der Waals surface area contributed by atoms with Gasteiger partial charge in [0.15, 0.2) is 0 Å². The maximum Gasteiger partial charge on any atom is 0.220 e. The Hall–Kier alpha value is -1.45. The van der Waals surface area contributed by atoms with E-state index in [0.717, 1.165) is 5.69 Å². The van der Waals surface area contributed by atoms with Gasteiger partial charge in [0.05, 0.1) is 17.9 Å². The molecule has 0 aliphatic carbocycles. The van der Waals surface area contributed by atoms with Gasteiger partial charge in [0.2, 0.25) is 5.91 Å². The van der Waals surface area contributed by atoms with Crippen LogP contribution in [-0.4, -0.2) is 15.9 Å². The van der Waals surface area contributed by atoms with E-state index in [-0.39, 0.29) is 11.9 Å². The second kappa shape index (κ2) is 4.54. The molecule has 0 aliphatic heterocycles. The third-order valence-electron chi connectivity index (χ3n) is 1.73. The van der Waals surface area contributed by atoms with Gasteiger partial charge < -0.3 is 5.32 Å². The van der Waals surface area contributed by atoms with E-state index in [2.05, 4.69) is 15.3 Å². The highest BCUT2D eigenvalue weighted by Crippen LogP contribution is 2.05. The molecule has 0 spiro atoms. The summed E-state index contributed by atoms with van der Waals surface area (Å²) in [5.74, 6) is 0.0261. The Morgan fingerprint density at radius 1 is 1.62 bits per heavy atom. The van der Waals surface area contributed by atoms with Crippen molar-refractivity contribution in [2.75, 3.05) is 0 Å². The number of rotatable bonds is 3. The molecule has 0 bridgehead atoms. The smallest absolute Gasteiger partial charge is 0.220 e. The number of aromatic nitrogens is 2. The van der Waals surface area contributed by atoms with Gasteiger partial charge in [-0.1, -0.05) is 6.92 Å². The van der Waals surface area contributed by atoms with Crippen molar-refractivity contribution in [2.45, 2.75) is 26.3 Å². The van der Waals surface area contributed by atoms with E-state index >= 15 is 0 Å². The van der Waals surface area contributed by atoms with E-state index in [1.54, 1.807) is 18.6 Å². The molecule has 0 radical (unpaired) electrons. The van der Waals surface area contributed by atoms with Gasteiger partial charge in [0.1, 0.15) is 0 Å². The van der Waals surface area contributed by atoms with E-state index < -0.39 is 0 Å². The van der Waals surface area contributed by atoms with Gasteiger partial charge in [0.25, 0.3) is 0 Å². The highest BCUT2D eigenvalue weighted by Gasteiger charge is 2.08. The molecule has 1 N–H and O–H groups in total. The minimum atomic E-state index is -0.0684. The lowest BCUT2D eigenvalue weighted by Gasteiger charge is -2.11. The standard InChI is InChI=1S/C9H13N3O/c1-3-9(13)12-7(2)8-6-10-4-5-11-8/h4-7H,3H2,1-2H3,(H,12,13). The molecule has 0 saturated carbocycles. The Labute approximate surface area is 77.4 Å². The minimum Gasteiger partial charge on any atom is -0.348 e. The highest BCUT2D eigenvalue weighted by atomic mass is 16.1. The average molecular weight is 179 g/mol. The third kappa shape index (κ3) is 2.82. The average Bonchev–Trinajstić information content (AvgIpc) is 2.19. The zero-order valence-electron chi connectivity index (χ0n) is 7.82. The summed E-state index contributed by atoms with van der Waals surface area (Å²) < 4.78 is 0. The van der Waals surface area contributed by atoms with Gasteiger partial charge in [-0.05, 0) is 6.92 Å². The third-order valence-corrected chi connectivity index (χ3v) is 1.73. The number of carbonyl (C=O) groups is 1. The maximum absolute atomic E-state index is 11.0. The van der Waals surface area contributed by atoms with Gasteiger partial charge in [-0.25, -0.2) is 0 Å². The predicted octanol–water partition coefficient (Wildman–Crippen LogP) is 1.06. The Balaban J connectivity index is 2.59. The largest absolute Gasteiger partial charge is 0.348 e. The fraction of sp³-hybridized carbons (Fsp3) is 0.444. The molecule has 4 heteroatoms. The molecule has 1 aromatic rings. The minimum absolute atomic E-state index is 0.0261. The Kier molecular flexibility index (Phi) is 3.37. The molecule has 4 nitrogen and oxygen atoms in total. The first-order valence-electron chi connectivity index (χ1n) is 4.29. The van der Waals surface area contributed by atoms with Crippen LogP contribution >= 0.6 is 0 Å². The zero-order valence-corrected chi connectivity index (χ0v) is 7.82. The SMILES string of the molecule is CCC(=O)NC(C)c1cnccn1. The number of nitrogens with zero attached hydrogens (tertiary/aromatic N) is 2. The van der Waals surface area contributed by atoms with Crippen LogP contribution in [-0.2, 0) is 4.79 Å². The van der Waals surface area contributed by atoms with Crippen LogP contribution < -0.4 is 5.32 Å². The number of nitrogens with one attached hydrogen (secondary N) is 1. The summed E-state index contributed by atoms with van der Waals surface area (Å²) in [7, 11) is 0. The Morgan fingerprint density at radius 2 is 2.38 bits per heavy atom. The summed E-state index contributed by atoms with van der Waals surface area (Å²) in [6.45, 7) is 3.70. The molecule has 1 amide bonds. The molecule has 1 heterocycles. The summed E-state index contributed by atoms with van der Waals surface area (Å²) in [4.78, 5) is 19.1. The molecule has 0 fully saturated rings. The number of hydrogen-bond donors (Lipinski definition) is 1. The molecular formula is C9H13N3O. The van der Waals surface area contributed by atoms with Crippen molar-refractivity contribution in [1.29, 1.82) is 0 Å². The molecule has 13 heavy (non-hydrogen) atoms. The van der Waals surface area contributed by atoms with Crippen LogP contribution in [0.15, 0.2) is 18.6 Å². The normalized spacial score (nSPS) is 12.2. The van der Waals surface area contributed by atoms with Crippen LogP contribution in [0.3, 0.4) is 0 Å². The van der Waals surface area contributed by atoms with Crippen LogP contribution in [0.1, 0.15) is 32.0 Å². The van der Waals surface area contributed by atoms with Gasteiger partial charge >= 0.3 is 0 Å². The maximum atomic E-state index is 11.0. The summed E-state index contributed by atoms with van der Waals surface area (Å²) in [5.41, 5.74) is 0.782. The van der Waals surface area contributed by atoms with Gasteiger partial charge in [-0.3, -0.25) is 14.8 Å². The van der Waals surface area contributed by atoms with E-state index in [9.17, 15) is 4.79 Å². The quantitative estimate of drug-likeness (QED) is 0.755. The summed E-state index contributed by atoms with van der Waals surface area (Å²) in [5, 5.41) is 2.80. The van der Waals surface area contributed by atoms with E-state index in [1.807, 2.05) is 13.8 Å². The van der Waals surface area contributed by atoms with Crippen molar-refractivity contribution in [3.63, 3.8) is 0 Å². The molecule has 70 valence electrons. The number of hydrogen-bond acceptors (Lipinski definition) is 3. The first-order valence-corrected chi connectivity index (χ1v) is 4.29. The fourth-order valence-corrected chi connectivity index (χ4v) is 0.952. The first-order chi connectivity index (χ1) is 6.24. The lowest BCUT2D eigenvalue weighted by atomic mass is 10.2. The topological polar surface area (TPSA) is 54.9 Å². The van der Waals surface area contributed by atoms with Crippen molar-refractivity contribution in [3.8, 4) is 0 Å². The fourth-order valence-electron chi connectivity index (χ4n) is 0.952. The molecule has 0 saturated heterocycles. The van der Waals surface area contributed by atoms with Gasteiger partial charge in [0, 0.05) is 18.8 Å². The Morgan fingerprint density at radius 3 is 2.92 bits per heavy atom. The van der Waals surface area contributed by atoms with E-state index in [0.29, 0.717) is 6.42 Å². The lowest BCUT2D eigenvalue weighted by molar-refractivity contribution is -0.121. The van der Waals surface area contributed by atoms with Gasteiger partial charge in [-0.15, -0.1) is 0 Å². The summed E-state index contributed by atoms with van der Waals surface area (Å²) >= 11 is 0. The number of carbonyl (C=O) groups excluding carboxylic acids is 1. The summed E-state index contributed by atoms with van der Waals surface area (Å²) in [6.07, 6.45) is 5.37. The molecule has 1 atom stereocenters. The van der Waals surface area contributed by atoms with Crippen LogP contribution in [0.4, 0.5) is 0 Å². The predicted molar refractivity (Wildman–Crippen MR) is 48.9 cm³/mol. The van der Waals surface area contributed by atoms with Crippen LogP contribution in [0.25, 0.3) is 0 Å². The first kappa shape index (κ1) is 9.64. The van der Waals surface area contributed by atoms with Gasteiger partial charge in [-0.2, -0.15) is 0 Å². The van der Waals surface area contributed by atoms with Crippen LogP contribution in [0.5, 0.6) is 0 Å². The van der Waals surface area contributed by atoms with E-state index in [4.69, 9.17) is 0 Å². The molecule has 1 aromatic heterocycles. The van der Waals surface area contributed by atoms with E-state index in [1.165, 1.54) is 0 Å². The van der Waals surface area contributed by atoms with Crippen molar-refractivity contribution in [2.24, 2.45) is 0 Å². The second-order valence-electron chi connectivity index (χ2n) is 2.77. The molecule has 0 aromatic carbocycles. The molecule has 1 rings (SSSR count). The molecule has 1 unspecified atom stereocenters. The molecular weight excluding hydrogens is 166 g/mol. The summed E-state index contributed by atoms with van der Waals surface area (Å²) in [6, 6.07) is -0.0684. The van der Waals surface area contributed by atoms with Crippen LogP contribution in [0.2, 0.25) is 0 Å². The van der Waals surface area contributed by atoms with Crippen molar-refractivity contribution >= 4 is 5.91 Å². The lowest BCUT2D eigenvalue weighted by Crippen LogP contribution is -2.26.